The third-order valence-corrected chi connectivity index (χ3v) is 8.66. The molecule has 0 aliphatic rings. The Balaban J connectivity index is -0.000000983. The molecule has 13 heteroatoms. The van der Waals surface area contributed by atoms with Crippen LogP contribution in [0.5, 0.6) is 0 Å². The standard InChI is InChI=1S/C24H29F3N2O2.C17H26O6.C5H8.C4H8/c1-6-18(13-10-11-17(3)24(25,26)27)21-14-9-8-12-19(21)15-22(30)28-20(7-2)16-23(31)29(4)5;1-6-13(5)17(16(20)22-9-4,12-23-14(18)7-2)11-10-15(19)21-8-3;1-4-5(2)3;1-3-4-2/h6-14,18H,1,15-16H2,2-5H3,(H,28,30);6H,1,5,7-12H2,2-4H3;4H,1-2H2,3H3;3-4H,1-2H3/b13-10?,17-11+,20-7+;;;4-3-. The first-order valence-corrected chi connectivity index (χ1v) is 20.5. The summed E-state index contributed by atoms with van der Waals surface area (Å²) < 4.78 is 53.1. The second kappa shape index (κ2) is 34.6. The number of ether oxygens (including phenoxy) is 3. The molecule has 0 spiro atoms. The van der Waals surface area contributed by atoms with Gasteiger partial charge in [0.1, 0.15) is 12.0 Å². The van der Waals surface area contributed by atoms with Crippen molar-refractivity contribution in [2.75, 3.05) is 33.9 Å². The lowest BCUT2D eigenvalue weighted by molar-refractivity contribution is -0.161. The molecule has 1 rings (SSSR count). The smallest absolute Gasteiger partial charge is 0.412 e. The largest absolute Gasteiger partial charge is 0.466 e. The molecule has 0 saturated carbocycles. The number of hydrogen-bond donors (Lipinski definition) is 1. The van der Waals surface area contributed by atoms with Gasteiger partial charge < -0.3 is 24.4 Å². The predicted octanol–water partition coefficient (Wildman–Crippen LogP) is 11.0. The molecule has 63 heavy (non-hydrogen) atoms. The van der Waals surface area contributed by atoms with Gasteiger partial charge in [0.25, 0.3) is 0 Å². The molecule has 2 unspecified atom stereocenters. The number of esters is 3. The number of carbonyl (C=O) groups excluding carboxylic acids is 5. The number of halogens is 3. The van der Waals surface area contributed by atoms with Gasteiger partial charge >= 0.3 is 24.1 Å². The van der Waals surface area contributed by atoms with E-state index in [9.17, 15) is 37.1 Å². The minimum absolute atomic E-state index is 0.0246. The fourth-order valence-electron chi connectivity index (χ4n) is 4.62. The molecule has 2 amide bonds. The summed E-state index contributed by atoms with van der Waals surface area (Å²) >= 11 is 0. The number of allylic oxidation sites excluding steroid dienone is 11. The minimum atomic E-state index is -4.37. The first-order chi connectivity index (χ1) is 29.5. The molecule has 1 aromatic rings. The van der Waals surface area contributed by atoms with Crippen LogP contribution in [0.3, 0.4) is 0 Å². The van der Waals surface area contributed by atoms with Gasteiger partial charge in [-0.2, -0.15) is 13.2 Å². The fraction of sp³-hybridized carbons (Fsp3) is 0.420. The van der Waals surface area contributed by atoms with Gasteiger partial charge in [-0.3, -0.25) is 24.0 Å². The molecular formula is C50H71F3N2O8. The molecule has 0 aromatic heterocycles. The van der Waals surface area contributed by atoms with Crippen molar-refractivity contribution in [1.29, 1.82) is 0 Å². The Morgan fingerprint density at radius 1 is 0.857 bits per heavy atom. The van der Waals surface area contributed by atoms with Gasteiger partial charge in [0, 0.05) is 44.1 Å². The first-order valence-electron chi connectivity index (χ1n) is 20.5. The van der Waals surface area contributed by atoms with Crippen LogP contribution in [0.2, 0.25) is 0 Å². The average molecular weight is 885 g/mol. The number of nitrogens with zero attached hydrogens (tertiary/aromatic N) is 1. The van der Waals surface area contributed by atoms with Crippen molar-refractivity contribution in [1.82, 2.24) is 10.2 Å². The molecule has 0 fully saturated rings. The van der Waals surface area contributed by atoms with Crippen molar-refractivity contribution >= 4 is 29.7 Å². The van der Waals surface area contributed by atoms with Crippen molar-refractivity contribution in [2.24, 2.45) is 5.41 Å². The number of nitrogens with one attached hydrogen (secondary N) is 1. The van der Waals surface area contributed by atoms with Gasteiger partial charge in [-0.25, -0.2) is 0 Å². The maximum absolute atomic E-state index is 12.6. The van der Waals surface area contributed by atoms with Crippen LogP contribution in [0.4, 0.5) is 13.2 Å². The molecule has 0 aliphatic heterocycles. The number of carbonyl (C=O) groups is 5. The van der Waals surface area contributed by atoms with Crippen molar-refractivity contribution in [3.8, 4) is 0 Å². The number of amides is 2. The van der Waals surface area contributed by atoms with Crippen molar-refractivity contribution in [3.05, 3.63) is 145 Å². The molecule has 1 aromatic carbocycles. The van der Waals surface area contributed by atoms with Crippen LogP contribution < -0.4 is 5.32 Å². The summed E-state index contributed by atoms with van der Waals surface area (Å²) in [6.45, 7) is 32.0. The van der Waals surface area contributed by atoms with Crippen molar-refractivity contribution < 1.29 is 51.4 Å². The van der Waals surface area contributed by atoms with Crippen LogP contribution in [-0.4, -0.2) is 74.7 Å². The molecule has 0 heterocycles. The normalized spacial score (nSPS) is 12.5. The summed E-state index contributed by atoms with van der Waals surface area (Å²) in [4.78, 5) is 61.5. The molecule has 0 bridgehead atoms. The van der Waals surface area contributed by atoms with Gasteiger partial charge in [-0.15, -0.1) is 6.58 Å². The summed E-state index contributed by atoms with van der Waals surface area (Å²) in [5, 5.41) is 2.76. The van der Waals surface area contributed by atoms with Crippen LogP contribution in [0.1, 0.15) is 98.1 Å². The summed E-state index contributed by atoms with van der Waals surface area (Å²) in [5.74, 6) is -2.28. The summed E-state index contributed by atoms with van der Waals surface area (Å²) in [6.07, 6.45) is 10.3. The van der Waals surface area contributed by atoms with Crippen LogP contribution in [0.25, 0.3) is 0 Å². The highest BCUT2D eigenvalue weighted by Gasteiger charge is 2.43. The number of rotatable bonds is 21. The quantitative estimate of drug-likeness (QED) is 0.0559. The number of benzene rings is 1. The van der Waals surface area contributed by atoms with Gasteiger partial charge in [-0.05, 0) is 71.6 Å². The van der Waals surface area contributed by atoms with E-state index in [1.807, 2.05) is 39.0 Å². The second-order valence-electron chi connectivity index (χ2n) is 13.8. The highest BCUT2D eigenvalue weighted by atomic mass is 19.4. The van der Waals surface area contributed by atoms with Crippen molar-refractivity contribution in [3.63, 3.8) is 0 Å². The van der Waals surface area contributed by atoms with E-state index in [0.717, 1.165) is 29.7 Å². The second-order valence-corrected chi connectivity index (χ2v) is 13.8. The first kappa shape index (κ1) is 61.3. The van der Waals surface area contributed by atoms with E-state index in [1.165, 1.54) is 17.1 Å². The van der Waals surface area contributed by atoms with Crippen LogP contribution in [0, 0.1) is 5.41 Å². The summed E-state index contributed by atoms with van der Waals surface area (Å²) in [5.41, 5.74) is 1.32. The van der Waals surface area contributed by atoms with Gasteiger partial charge in [0.05, 0.1) is 26.1 Å². The summed E-state index contributed by atoms with van der Waals surface area (Å²) in [7, 11) is 3.28. The van der Waals surface area contributed by atoms with E-state index in [2.05, 4.69) is 38.2 Å². The third-order valence-electron chi connectivity index (χ3n) is 8.66. The topological polar surface area (TPSA) is 128 Å². The van der Waals surface area contributed by atoms with E-state index in [1.54, 1.807) is 84.3 Å². The van der Waals surface area contributed by atoms with Crippen LogP contribution in [-0.2, 0) is 44.6 Å². The molecule has 10 nitrogen and oxygen atoms in total. The molecule has 0 saturated heterocycles. The fourth-order valence-corrected chi connectivity index (χ4v) is 4.62. The Labute approximate surface area is 374 Å². The highest BCUT2D eigenvalue weighted by Crippen LogP contribution is 2.35. The van der Waals surface area contributed by atoms with E-state index in [0.29, 0.717) is 11.3 Å². The Hall–Kier alpha value is -5.98. The number of alkyl halides is 3. The van der Waals surface area contributed by atoms with Crippen LogP contribution in [0.15, 0.2) is 134 Å². The predicted molar refractivity (Wildman–Crippen MR) is 248 cm³/mol. The monoisotopic (exact) mass is 885 g/mol. The van der Waals surface area contributed by atoms with Gasteiger partial charge in [-0.1, -0.05) is 118 Å². The Morgan fingerprint density at radius 3 is 1.87 bits per heavy atom. The summed E-state index contributed by atoms with van der Waals surface area (Å²) in [6, 6.07) is 7.18. The zero-order chi connectivity index (χ0) is 49.2. The van der Waals surface area contributed by atoms with Gasteiger partial charge in [0.15, 0.2) is 0 Å². The lowest BCUT2D eigenvalue weighted by Crippen LogP contribution is -2.40. The zero-order valence-corrected chi connectivity index (χ0v) is 39.1. The van der Waals surface area contributed by atoms with E-state index >= 15 is 0 Å². The maximum Gasteiger partial charge on any atom is 0.412 e. The van der Waals surface area contributed by atoms with Crippen molar-refractivity contribution in [2.45, 2.75) is 99.6 Å². The Bertz CT molecular complexity index is 1780. The maximum atomic E-state index is 12.6. The van der Waals surface area contributed by atoms with E-state index in [4.69, 9.17) is 14.2 Å². The average Bonchev–Trinajstić information content (AvgIpc) is 3.25. The van der Waals surface area contributed by atoms with Gasteiger partial charge in [0.2, 0.25) is 11.8 Å². The minimum Gasteiger partial charge on any atom is -0.466 e. The van der Waals surface area contributed by atoms with E-state index in [-0.39, 0.29) is 69.7 Å². The highest BCUT2D eigenvalue weighted by molar-refractivity contribution is 5.84. The lowest BCUT2D eigenvalue weighted by Gasteiger charge is -2.31. The molecule has 1 N–H and O–H groups in total. The van der Waals surface area contributed by atoms with Crippen LogP contribution >= 0.6 is 0 Å². The molecule has 2 atom stereocenters. The zero-order valence-electron chi connectivity index (χ0n) is 39.1. The Morgan fingerprint density at radius 2 is 1.43 bits per heavy atom. The lowest BCUT2D eigenvalue weighted by atomic mass is 9.77. The SMILES string of the molecule is C/C=C\C.C=CC(=C)C.C=CC(=C)C(CCC(=O)OCC)(COC(=O)CC)C(=O)OCC.C=CC(C=C/C=C(\C)C(F)(F)F)c1ccccc1CC(=O)N/C(=C/C)CC(=O)N(C)C. The Kier molecular flexibility index (Phi) is 33.7. The van der Waals surface area contributed by atoms with E-state index < -0.39 is 35.1 Å². The molecular weight excluding hydrogens is 814 g/mol. The molecule has 350 valence electrons. The molecule has 0 radical (unpaired) electrons. The number of hydrogen-bond acceptors (Lipinski definition) is 8. The third kappa shape index (κ3) is 26.9. The molecule has 0 aliphatic carbocycles.